The normalized spacial score (nSPS) is 21.2. The zero-order valence-electron chi connectivity index (χ0n) is 15.5. The second kappa shape index (κ2) is 6.64. The predicted octanol–water partition coefficient (Wildman–Crippen LogP) is 4.36. The molecule has 0 radical (unpaired) electrons. The van der Waals surface area contributed by atoms with Gasteiger partial charge >= 0.3 is 0 Å². The number of allylic oxidation sites excluding steroid dienone is 1. The fourth-order valence-corrected chi connectivity index (χ4v) is 4.16. The highest BCUT2D eigenvalue weighted by atomic mass is 16.6. The van der Waals surface area contributed by atoms with E-state index in [0.29, 0.717) is 18.1 Å². The van der Waals surface area contributed by atoms with Gasteiger partial charge < -0.3 is 10.6 Å². The van der Waals surface area contributed by atoms with Gasteiger partial charge in [0, 0.05) is 17.7 Å². The van der Waals surface area contributed by atoms with E-state index < -0.39 is 0 Å². The SMILES string of the molecule is Cc1cccc(C2Nc3nonc3NC3=C2C(=O)CC(c2ccccc2)C3)c1. The van der Waals surface area contributed by atoms with Crippen LogP contribution >= 0.6 is 0 Å². The van der Waals surface area contributed by atoms with Gasteiger partial charge in [0.05, 0.1) is 6.04 Å². The molecular formula is C22H20N4O2. The average molecular weight is 372 g/mol. The third-order valence-electron chi connectivity index (χ3n) is 5.48. The summed E-state index contributed by atoms with van der Waals surface area (Å²) in [5.74, 6) is 1.32. The Morgan fingerprint density at radius 2 is 1.75 bits per heavy atom. The molecule has 2 aliphatic rings. The van der Waals surface area contributed by atoms with Crippen LogP contribution in [-0.4, -0.2) is 16.1 Å². The summed E-state index contributed by atoms with van der Waals surface area (Å²) in [6.07, 6.45) is 1.23. The summed E-state index contributed by atoms with van der Waals surface area (Å²) in [7, 11) is 0. The van der Waals surface area contributed by atoms with Crippen molar-refractivity contribution in [3.05, 3.63) is 82.6 Å². The van der Waals surface area contributed by atoms with Crippen molar-refractivity contribution in [2.45, 2.75) is 31.7 Å². The van der Waals surface area contributed by atoms with Crippen LogP contribution in [0, 0.1) is 6.92 Å². The zero-order chi connectivity index (χ0) is 19.1. The van der Waals surface area contributed by atoms with Crippen molar-refractivity contribution >= 4 is 17.4 Å². The van der Waals surface area contributed by atoms with Crippen LogP contribution in [0.2, 0.25) is 0 Å². The Morgan fingerprint density at radius 1 is 0.964 bits per heavy atom. The first-order chi connectivity index (χ1) is 13.7. The third kappa shape index (κ3) is 2.87. The highest BCUT2D eigenvalue weighted by Crippen LogP contribution is 2.43. The maximum absolute atomic E-state index is 13.3. The largest absolute Gasteiger partial charge is 0.353 e. The third-order valence-corrected chi connectivity index (χ3v) is 5.48. The Morgan fingerprint density at radius 3 is 2.57 bits per heavy atom. The van der Waals surface area contributed by atoms with E-state index in [9.17, 15) is 4.79 Å². The van der Waals surface area contributed by atoms with Gasteiger partial charge in [0.25, 0.3) is 0 Å². The molecule has 3 aromatic rings. The first-order valence-corrected chi connectivity index (χ1v) is 9.43. The molecule has 2 N–H and O–H groups in total. The van der Waals surface area contributed by atoms with E-state index >= 15 is 0 Å². The van der Waals surface area contributed by atoms with Crippen molar-refractivity contribution in [2.24, 2.45) is 0 Å². The number of carbonyl (C=O) groups excluding carboxylic acids is 1. The highest BCUT2D eigenvalue weighted by molar-refractivity contribution is 6.00. The molecule has 0 bridgehead atoms. The predicted molar refractivity (Wildman–Crippen MR) is 106 cm³/mol. The van der Waals surface area contributed by atoms with Gasteiger partial charge in [0.1, 0.15) is 0 Å². The lowest BCUT2D eigenvalue weighted by Crippen LogP contribution is -2.27. The Balaban J connectivity index is 1.61. The molecule has 0 spiro atoms. The first-order valence-electron chi connectivity index (χ1n) is 9.43. The molecule has 2 heterocycles. The Kier molecular flexibility index (Phi) is 3.97. The number of anilines is 2. The van der Waals surface area contributed by atoms with Crippen molar-refractivity contribution in [1.82, 2.24) is 10.3 Å². The van der Waals surface area contributed by atoms with Crippen LogP contribution in [0.3, 0.4) is 0 Å². The maximum atomic E-state index is 13.3. The molecule has 0 saturated heterocycles. The summed E-state index contributed by atoms with van der Waals surface area (Å²) in [5, 5.41) is 14.6. The van der Waals surface area contributed by atoms with Crippen molar-refractivity contribution in [3.8, 4) is 0 Å². The minimum Gasteiger partial charge on any atom is -0.353 e. The molecular weight excluding hydrogens is 352 g/mol. The molecule has 5 rings (SSSR count). The number of hydrogen-bond acceptors (Lipinski definition) is 6. The van der Waals surface area contributed by atoms with Gasteiger partial charge in [-0.3, -0.25) is 4.79 Å². The molecule has 6 nitrogen and oxygen atoms in total. The Bertz CT molecular complexity index is 1070. The molecule has 1 aliphatic heterocycles. The number of aryl methyl sites for hydroxylation is 1. The van der Waals surface area contributed by atoms with Gasteiger partial charge in [-0.15, -0.1) is 0 Å². The number of benzene rings is 2. The van der Waals surface area contributed by atoms with E-state index in [1.807, 2.05) is 43.3 Å². The lowest BCUT2D eigenvalue weighted by molar-refractivity contribution is -0.116. The standard InChI is InChI=1S/C22H20N4O2/c1-13-6-5-9-15(10-13)20-19-17(23-21-22(24-20)26-28-25-21)11-16(12-18(19)27)14-7-3-2-4-8-14/h2-10,16,20H,11-12H2,1H3,(H,23,25)(H,24,26). The second-order valence-electron chi connectivity index (χ2n) is 7.41. The van der Waals surface area contributed by atoms with Crippen LogP contribution in [0.15, 0.2) is 70.5 Å². The van der Waals surface area contributed by atoms with E-state index in [2.05, 4.69) is 39.1 Å². The van der Waals surface area contributed by atoms with E-state index in [-0.39, 0.29) is 17.7 Å². The van der Waals surface area contributed by atoms with Crippen LogP contribution in [0.4, 0.5) is 11.6 Å². The molecule has 2 atom stereocenters. The van der Waals surface area contributed by atoms with Gasteiger partial charge in [-0.25, -0.2) is 4.63 Å². The number of fused-ring (bicyclic) bond motifs is 1. The number of hydrogen-bond donors (Lipinski definition) is 2. The second-order valence-corrected chi connectivity index (χ2v) is 7.41. The Labute approximate surface area is 162 Å². The topological polar surface area (TPSA) is 80.1 Å². The monoisotopic (exact) mass is 372 g/mol. The van der Waals surface area contributed by atoms with Crippen LogP contribution < -0.4 is 10.6 Å². The van der Waals surface area contributed by atoms with Crippen molar-refractivity contribution in [2.75, 3.05) is 10.6 Å². The quantitative estimate of drug-likeness (QED) is 0.696. The van der Waals surface area contributed by atoms with E-state index in [0.717, 1.165) is 28.8 Å². The highest BCUT2D eigenvalue weighted by Gasteiger charge is 2.37. The lowest BCUT2D eigenvalue weighted by Gasteiger charge is -2.29. The van der Waals surface area contributed by atoms with E-state index in [1.165, 1.54) is 5.56 Å². The molecule has 0 fully saturated rings. The minimum atomic E-state index is -0.292. The molecule has 2 aromatic carbocycles. The smallest absolute Gasteiger partial charge is 0.219 e. The first kappa shape index (κ1) is 16.7. The van der Waals surface area contributed by atoms with Crippen LogP contribution in [0.5, 0.6) is 0 Å². The molecule has 28 heavy (non-hydrogen) atoms. The number of rotatable bonds is 2. The molecule has 0 amide bonds. The van der Waals surface area contributed by atoms with Crippen LogP contribution in [0.1, 0.15) is 41.5 Å². The molecule has 0 saturated carbocycles. The van der Waals surface area contributed by atoms with Gasteiger partial charge in [0.2, 0.25) is 11.6 Å². The van der Waals surface area contributed by atoms with Crippen molar-refractivity contribution < 1.29 is 9.42 Å². The van der Waals surface area contributed by atoms with Crippen molar-refractivity contribution in [1.29, 1.82) is 0 Å². The summed E-state index contributed by atoms with van der Waals surface area (Å²) in [4.78, 5) is 13.3. The molecule has 140 valence electrons. The molecule has 1 aromatic heterocycles. The summed E-state index contributed by atoms with van der Waals surface area (Å²) in [6.45, 7) is 2.05. The molecule has 6 heteroatoms. The zero-order valence-corrected chi connectivity index (χ0v) is 15.5. The van der Waals surface area contributed by atoms with Gasteiger partial charge in [-0.1, -0.05) is 60.2 Å². The maximum Gasteiger partial charge on any atom is 0.219 e. The van der Waals surface area contributed by atoms with Gasteiger partial charge in [-0.2, -0.15) is 0 Å². The molecule has 1 aliphatic carbocycles. The van der Waals surface area contributed by atoms with Crippen LogP contribution in [0.25, 0.3) is 0 Å². The summed E-state index contributed by atoms with van der Waals surface area (Å²) in [5.41, 5.74) is 4.99. The summed E-state index contributed by atoms with van der Waals surface area (Å²) < 4.78 is 4.92. The number of carbonyl (C=O) groups is 1. The number of Topliss-reactive ketones (excluding diaryl/α,β-unsaturated/α-hetero) is 1. The number of aromatic nitrogens is 2. The summed E-state index contributed by atoms with van der Waals surface area (Å²) >= 11 is 0. The number of ketones is 1. The van der Waals surface area contributed by atoms with Gasteiger partial charge in [-0.05, 0) is 40.7 Å². The minimum absolute atomic E-state index is 0.138. The number of nitrogens with zero attached hydrogens (tertiary/aromatic N) is 2. The number of nitrogens with one attached hydrogen (secondary N) is 2. The van der Waals surface area contributed by atoms with E-state index in [4.69, 9.17) is 4.63 Å². The fraction of sp³-hybridized carbons (Fsp3) is 0.227. The Hall–Kier alpha value is -3.41. The summed E-state index contributed by atoms with van der Waals surface area (Å²) in [6, 6.07) is 18.1. The van der Waals surface area contributed by atoms with Crippen molar-refractivity contribution in [3.63, 3.8) is 0 Å². The lowest BCUT2D eigenvalue weighted by atomic mass is 9.78. The van der Waals surface area contributed by atoms with Crippen LogP contribution in [-0.2, 0) is 4.79 Å². The van der Waals surface area contributed by atoms with Gasteiger partial charge in [0.15, 0.2) is 5.78 Å². The average Bonchev–Trinajstić information content (AvgIpc) is 3.07. The van der Waals surface area contributed by atoms with E-state index in [1.54, 1.807) is 0 Å². The fourth-order valence-electron chi connectivity index (χ4n) is 4.16. The molecule has 2 unspecified atom stereocenters.